The van der Waals surface area contributed by atoms with Crippen molar-refractivity contribution in [1.29, 1.82) is 0 Å². The smallest absolute Gasteiger partial charge is 0.110 e. The van der Waals surface area contributed by atoms with Gasteiger partial charge in [0.25, 0.3) is 0 Å². The zero-order valence-corrected chi connectivity index (χ0v) is 13.3. The summed E-state index contributed by atoms with van der Waals surface area (Å²) in [5.41, 5.74) is 2.38. The Labute approximate surface area is 127 Å². The van der Waals surface area contributed by atoms with Crippen molar-refractivity contribution >= 4 is 0 Å². The molecule has 2 rings (SSSR count). The van der Waals surface area contributed by atoms with Crippen molar-refractivity contribution in [1.82, 2.24) is 19.8 Å². The molecule has 4 nitrogen and oxygen atoms in total. The van der Waals surface area contributed by atoms with Gasteiger partial charge in [0.05, 0.1) is 11.9 Å². The summed E-state index contributed by atoms with van der Waals surface area (Å²) >= 11 is 0. The molecule has 1 heterocycles. The molecule has 1 N–H and O–H groups in total. The highest BCUT2D eigenvalue weighted by atomic mass is 15.1. The first-order valence-corrected chi connectivity index (χ1v) is 7.78. The van der Waals surface area contributed by atoms with Crippen molar-refractivity contribution in [2.45, 2.75) is 27.3 Å². The van der Waals surface area contributed by atoms with Crippen molar-refractivity contribution in [2.24, 2.45) is 0 Å². The number of benzene rings is 1. The number of imidazole rings is 1. The Kier molecular flexibility index (Phi) is 5.96. The fraction of sp³-hybridized carbons (Fsp3) is 0.471. The van der Waals surface area contributed by atoms with Crippen LogP contribution in [0.25, 0.3) is 5.69 Å². The van der Waals surface area contributed by atoms with Gasteiger partial charge in [-0.25, -0.2) is 4.98 Å². The molecule has 0 unspecified atom stereocenters. The van der Waals surface area contributed by atoms with Crippen LogP contribution in [-0.4, -0.2) is 40.6 Å². The van der Waals surface area contributed by atoms with Crippen LogP contribution >= 0.6 is 0 Å². The molecule has 0 radical (unpaired) electrons. The topological polar surface area (TPSA) is 33.1 Å². The van der Waals surface area contributed by atoms with E-state index in [1.165, 1.54) is 11.4 Å². The van der Waals surface area contributed by atoms with Gasteiger partial charge in [0.2, 0.25) is 0 Å². The van der Waals surface area contributed by atoms with Crippen molar-refractivity contribution in [3.05, 3.63) is 48.0 Å². The highest BCUT2D eigenvalue weighted by Crippen LogP contribution is 2.14. The monoisotopic (exact) mass is 286 g/mol. The highest BCUT2D eigenvalue weighted by molar-refractivity contribution is 5.35. The summed E-state index contributed by atoms with van der Waals surface area (Å²) in [5, 5.41) is 3.52. The molecule has 0 atom stereocenters. The van der Waals surface area contributed by atoms with Gasteiger partial charge in [-0.2, -0.15) is 0 Å². The molecular weight excluding hydrogens is 260 g/mol. The van der Waals surface area contributed by atoms with Gasteiger partial charge in [0, 0.05) is 25.3 Å². The quantitative estimate of drug-likeness (QED) is 0.757. The molecule has 0 bridgehead atoms. The maximum absolute atomic E-state index is 4.45. The van der Waals surface area contributed by atoms with E-state index in [-0.39, 0.29) is 0 Å². The molecule has 4 heteroatoms. The molecule has 0 saturated carbocycles. The molecule has 0 aliphatic rings. The van der Waals surface area contributed by atoms with Crippen LogP contribution in [0.2, 0.25) is 0 Å². The lowest BCUT2D eigenvalue weighted by Gasteiger charge is -2.18. The molecule has 2 aromatic rings. The normalized spacial score (nSPS) is 11.2. The van der Waals surface area contributed by atoms with Crippen LogP contribution in [0.5, 0.6) is 0 Å². The summed E-state index contributed by atoms with van der Waals surface area (Å²) in [6.45, 7) is 11.6. The number of nitrogens with zero attached hydrogens (tertiary/aromatic N) is 3. The Hall–Kier alpha value is -1.65. The number of hydrogen-bond acceptors (Lipinski definition) is 3. The van der Waals surface area contributed by atoms with Gasteiger partial charge >= 0.3 is 0 Å². The standard InChI is InChI=1S/C17H26N4/c1-4-20(5-2)12-11-18-13-17-14-19-15(3)21(17)16-9-7-6-8-10-16/h6-10,14,18H,4-5,11-13H2,1-3H3. The van der Waals surface area contributed by atoms with E-state index in [4.69, 9.17) is 0 Å². The zero-order valence-electron chi connectivity index (χ0n) is 13.3. The van der Waals surface area contributed by atoms with E-state index in [9.17, 15) is 0 Å². The molecule has 21 heavy (non-hydrogen) atoms. The van der Waals surface area contributed by atoms with E-state index in [0.29, 0.717) is 0 Å². The van der Waals surface area contributed by atoms with Crippen LogP contribution in [0.1, 0.15) is 25.4 Å². The number of rotatable bonds is 8. The van der Waals surface area contributed by atoms with Gasteiger partial charge in [-0.1, -0.05) is 32.0 Å². The number of hydrogen-bond donors (Lipinski definition) is 1. The van der Waals surface area contributed by atoms with Gasteiger partial charge in [-0.15, -0.1) is 0 Å². The van der Waals surface area contributed by atoms with Crippen molar-refractivity contribution in [3.8, 4) is 5.69 Å². The lowest BCUT2D eigenvalue weighted by atomic mass is 10.3. The number of nitrogens with one attached hydrogen (secondary N) is 1. The Morgan fingerprint density at radius 3 is 2.52 bits per heavy atom. The minimum atomic E-state index is 0.844. The minimum Gasteiger partial charge on any atom is -0.310 e. The zero-order chi connectivity index (χ0) is 15.1. The van der Waals surface area contributed by atoms with E-state index in [1.54, 1.807) is 0 Å². The molecule has 0 fully saturated rings. The first-order chi connectivity index (χ1) is 10.3. The molecule has 0 aliphatic heterocycles. The second-order valence-electron chi connectivity index (χ2n) is 5.17. The van der Waals surface area contributed by atoms with Gasteiger partial charge in [0.1, 0.15) is 5.82 Å². The van der Waals surface area contributed by atoms with Gasteiger partial charge in [-0.3, -0.25) is 4.57 Å². The van der Waals surface area contributed by atoms with Crippen molar-refractivity contribution in [2.75, 3.05) is 26.2 Å². The average Bonchev–Trinajstić information content (AvgIpc) is 2.89. The third kappa shape index (κ3) is 4.16. The molecule has 0 spiro atoms. The van der Waals surface area contributed by atoms with Gasteiger partial charge in [-0.05, 0) is 32.1 Å². The van der Waals surface area contributed by atoms with Crippen LogP contribution in [0, 0.1) is 6.92 Å². The molecule has 0 aliphatic carbocycles. The highest BCUT2D eigenvalue weighted by Gasteiger charge is 2.08. The van der Waals surface area contributed by atoms with Crippen LogP contribution in [0.15, 0.2) is 36.5 Å². The summed E-state index contributed by atoms with van der Waals surface area (Å²) in [7, 11) is 0. The van der Waals surface area contributed by atoms with E-state index in [1.807, 2.05) is 19.2 Å². The summed E-state index contributed by atoms with van der Waals surface area (Å²) in [4.78, 5) is 6.88. The van der Waals surface area contributed by atoms with E-state index in [0.717, 1.165) is 38.5 Å². The van der Waals surface area contributed by atoms with Crippen LogP contribution < -0.4 is 5.32 Å². The maximum atomic E-state index is 4.45. The summed E-state index contributed by atoms with van der Waals surface area (Å²) in [6, 6.07) is 10.4. The van der Waals surface area contributed by atoms with E-state index in [2.05, 4.69) is 57.9 Å². The third-order valence-electron chi connectivity index (χ3n) is 3.83. The second kappa shape index (κ2) is 7.96. The summed E-state index contributed by atoms with van der Waals surface area (Å²) < 4.78 is 2.21. The molecule has 0 amide bonds. The summed E-state index contributed by atoms with van der Waals surface area (Å²) in [5.74, 6) is 1.03. The molecular formula is C17H26N4. The predicted octanol–water partition coefficient (Wildman–Crippen LogP) is 2.61. The van der Waals surface area contributed by atoms with Crippen LogP contribution in [0.4, 0.5) is 0 Å². The average molecular weight is 286 g/mol. The van der Waals surface area contributed by atoms with Crippen LogP contribution in [0.3, 0.4) is 0 Å². The number of likely N-dealkylation sites (N-methyl/N-ethyl adjacent to an activating group) is 1. The molecule has 114 valence electrons. The predicted molar refractivity (Wildman–Crippen MR) is 87.8 cm³/mol. The number of aromatic nitrogens is 2. The lowest BCUT2D eigenvalue weighted by Crippen LogP contribution is -2.32. The number of aryl methyl sites for hydroxylation is 1. The largest absolute Gasteiger partial charge is 0.310 e. The SMILES string of the molecule is CCN(CC)CCNCc1cnc(C)n1-c1ccccc1. The van der Waals surface area contributed by atoms with Crippen molar-refractivity contribution < 1.29 is 0 Å². The number of para-hydroxylation sites is 1. The Balaban J connectivity index is 1.96. The first-order valence-electron chi connectivity index (χ1n) is 7.78. The Bertz CT molecular complexity index is 529. The van der Waals surface area contributed by atoms with E-state index < -0.39 is 0 Å². The molecule has 1 aromatic heterocycles. The Morgan fingerprint density at radius 2 is 1.86 bits per heavy atom. The first kappa shape index (κ1) is 15.7. The summed E-state index contributed by atoms with van der Waals surface area (Å²) in [6.07, 6.45) is 1.97. The second-order valence-corrected chi connectivity index (χ2v) is 5.17. The lowest BCUT2D eigenvalue weighted by molar-refractivity contribution is 0.302. The molecule has 0 saturated heterocycles. The Morgan fingerprint density at radius 1 is 1.14 bits per heavy atom. The molecule has 1 aromatic carbocycles. The van der Waals surface area contributed by atoms with Crippen molar-refractivity contribution in [3.63, 3.8) is 0 Å². The fourth-order valence-corrected chi connectivity index (χ4v) is 2.54. The van der Waals surface area contributed by atoms with Gasteiger partial charge < -0.3 is 10.2 Å². The van der Waals surface area contributed by atoms with E-state index >= 15 is 0 Å². The van der Waals surface area contributed by atoms with Crippen LogP contribution in [-0.2, 0) is 6.54 Å². The fourth-order valence-electron chi connectivity index (χ4n) is 2.54. The maximum Gasteiger partial charge on any atom is 0.110 e. The minimum absolute atomic E-state index is 0.844. The van der Waals surface area contributed by atoms with Gasteiger partial charge in [0.15, 0.2) is 0 Å². The third-order valence-corrected chi connectivity index (χ3v) is 3.83.